The van der Waals surface area contributed by atoms with Gasteiger partial charge >= 0.3 is 0 Å². The Morgan fingerprint density at radius 2 is 2.26 bits per heavy atom. The van der Waals surface area contributed by atoms with Gasteiger partial charge in [0.05, 0.1) is 23.4 Å². The van der Waals surface area contributed by atoms with Gasteiger partial charge in [-0.3, -0.25) is 19.6 Å². The zero-order valence-electron chi connectivity index (χ0n) is 12.9. The van der Waals surface area contributed by atoms with E-state index in [0.29, 0.717) is 11.4 Å². The van der Waals surface area contributed by atoms with Gasteiger partial charge in [0, 0.05) is 26.2 Å². The summed E-state index contributed by atoms with van der Waals surface area (Å²) in [5, 5.41) is 2.75. The Kier molecular flexibility index (Phi) is 4.66. The lowest BCUT2D eigenvalue weighted by molar-refractivity contribution is -0.119. The van der Waals surface area contributed by atoms with Gasteiger partial charge in [-0.1, -0.05) is 6.07 Å². The van der Waals surface area contributed by atoms with Crippen molar-refractivity contribution in [1.82, 2.24) is 20.2 Å². The lowest BCUT2D eigenvalue weighted by Crippen LogP contribution is -2.30. The van der Waals surface area contributed by atoms with Crippen molar-refractivity contribution in [3.63, 3.8) is 0 Å². The number of amides is 2. The second kappa shape index (κ2) is 6.87. The van der Waals surface area contributed by atoms with Crippen molar-refractivity contribution in [2.45, 2.75) is 32.4 Å². The molecular formula is C16H18N4O2S. The van der Waals surface area contributed by atoms with Crippen LogP contribution in [0.2, 0.25) is 0 Å². The molecule has 120 valence electrons. The van der Waals surface area contributed by atoms with Crippen molar-refractivity contribution in [3.8, 4) is 0 Å². The number of carbonyl (C=O) groups is 2. The van der Waals surface area contributed by atoms with E-state index in [1.165, 1.54) is 18.3 Å². The molecule has 2 aromatic rings. The highest BCUT2D eigenvalue weighted by Gasteiger charge is 2.31. The molecule has 1 atom stereocenters. The van der Waals surface area contributed by atoms with Crippen LogP contribution >= 0.6 is 11.3 Å². The number of nitrogens with zero attached hydrogens (tertiary/aromatic N) is 3. The van der Waals surface area contributed by atoms with Crippen molar-refractivity contribution < 1.29 is 9.59 Å². The van der Waals surface area contributed by atoms with E-state index in [2.05, 4.69) is 15.3 Å². The number of carbonyl (C=O) groups excluding carboxylic acids is 2. The van der Waals surface area contributed by atoms with Crippen molar-refractivity contribution in [3.05, 3.63) is 46.2 Å². The number of nitrogens with one attached hydrogen (secondary N) is 1. The molecule has 1 N–H and O–H groups in total. The Hall–Kier alpha value is -2.28. The van der Waals surface area contributed by atoms with Crippen LogP contribution in [0.3, 0.4) is 0 Å². The molecule has 0 radical (unpaired) electrons. The van der Waals surface area contributed by atoms with Crippen LogP contribution in [-0.4, -0.2) is 33.2 Å². The molecule has 3 rings (SSSR count). The summed E-state index contributed by atoms with van der Waals surface area (Å²) in [7, 11) is 0. The summed E-state index contributed by atoms with van der Waals surface area (Å²) < 4.78 is 0. The molecule has 0 saturated carbocycles. The van der Waals surface area contributed by atoms with E-state index in [9.17, 15) is 9.59 Å². The summed E-state index contributed by atoms with van der Waals surface area (Å²) >= 11 is 1.36. The predicted molar refractivity (Wildman–Crippen MR) is 86.9 cm³/mol. The number of rotatable bonds is 4. The van der Waals surface area contributed by atoms with E-state index >= 15 is 0 Å². The molecule has 0 aliphatic carbocycles. The van der Waals surface area contributed by atoms with Gasteiger partial charge in [-0.25, -0.2) is 0 Å². The first-order chi connectivity index (χ1) is 11.1. The number of pyridine rings is 1. The number of likely N-dealkylation sites (tertiary alicyclic amines) is 1. The maximum absolute atomic E-state index is 12.6. The molecule has 0 aromatic carbocycles. The standard InChI is InChI=1S/C16H18N4O2S/c1-11(21)18-7-12-4-5-13(19-8-12)14-3-2-6-20(14)16(22)15-9-17-10-23-15/h4-5,8-10,14H,2-3,6-7H2,1H3,(H,18,21)/t14-/m1/s1. The van der Waals surface area contributed by atoms with Gasteiger partial charge in [0.1, 0.15) is 4.88 Å². The maximum atomic E-state index is 12.6. The van der Waals surface area contributed by atoms with Crippen molar-refractivity contribution >= 4 is 23.2 Å². The monoisotopic (exact) mass is 330 g/mol. The van der Waals surface area contributed by atoms with Gasteiger partial charge in [0.25, 0.3) is 5.91 Å². The number of hydrogen-bond acceptors (Lipinski definition) is 5. The van der Waals surface area contributed by atoms with E-state index in [0.717, 1.165) is 30.6 Å². The molecule has 1 aliphatic heterocycles. The average Bonchev–Trinajstić information content (AvgIpc) is 3.24. The van der Waals surface area contributed by atoms with Gasteiger partial charge in [0.2, 0.25) is 5.91 Å². The van der Waals surface area contributed by atoms with Crippen LogP contribution in [0.25, 0.3) is 0 Å². The smallest absolute Gasteiger partial charge is 0.266 e. The Bertz CT molecular complexity index is 685. The fraction of sp³-hybridized carbons (Fsp3) is 0.375. The largest absolute Gasteiger partial charge is 0.352 e. The molecule has 1 fully saturated rings. The highest BCUT2D eigenvalue weighted by molar-refractivity contribution is 7.11. The minimum atomic E-state index is -0.0637. The third-order valence-electron chi connectivity index (χ3n) is 3.89. The van der Waals surface area contributed by atoms with Crippen LogP contribution in [0.5, 0.6) is 0 Å². The lowest BCUT2D eigenvalue weighted by atomic mass is 10.1. The summed E-state index contributed by atoms with van der Waals surface area (Å²) in [5.41, 5.74) is 3.52. The maximum Gasteiger partial charge on any atom is 0.266 e. The van der Waals surface area contributed by atoms with Gasteiger partial charge in [0.15, 0.2) is 0 Å². The average molecular weight is 330 g/mol. The van der Waals surface area contributed by atoms with Gasteiger partial charge < -0.3 is 10.2 Å². The van der Waals surface area contributed by atoms with E-state index in [4.69, 9.17) is 0 Å². The summed E-state index contributed by atoms with van der Waals surface area (Å²) in [6.45, 7) is 2.71. The molecule has 0 bridgehead atoms. The fourth-order valence-corrected chi connectivity index (χ4v) is 3.32. The third kappa shape index (κ3) is 3.56. The molecule has 7 heteroatoms. The SMILES string of the molecule is CC(=O)NCc1ccc([C@H]2CCCN2C(=O)c2cncs2)nc1. The molecule has 0 unspecified atom stereocenters. The summed E-state index contributed by atoms with van der Waals surface area (Å²) in [6, 6.07) is 3.91. The lowest BCUT2D eigenvalue weighted by Gasteiger charge is -2.23. The second-order valence-corrected chi connectivity index (χ2v) is 6.41. The molecule has 2 aromatic heterocycles. The third-order valence-corrected chi connectivity index (χ3v) is 4.65. The Morgan fingerprint density at radius 3 is 2.91 bits per heavy atom. The minimum absolute atomic E-state index is 0.0133. The van der Waals surface area contributed by atoms with E-state index in [-0.39, 0.29) is 17.9 Å². The van der Waals surface area contributed by atoms with Crippen LogP contribution in [0.15, 0.2) is 30.0 Å². The number of aromatic nitrogens is 2. The highest BCUT2D eigenvalue weighted by Crippen LogP contribution is 2.32. The molecular weight excluding hydrogens is 312 g/mol. The van der Waals surface area contributed by atoms with Gasteiger partial charge in [-0.15, -0.1) is 11.3 Å². The molecule has 6 nitrogen and oxygen atoms in total. The van der Waals surface area contributed by atoms with Crippen LogP contribution in [-0.2, 0) is 11.3 Å². The van der Waals surface area contributed by atoms with Crippen LogP contribution in [0, 0.1) is 0 Å². The van der Waals surface area contributed by atoms with Crippen molar-refractivity contribution in [2.75, 3.05) is 6.54 Å². The molecule has 1 aliphatic rings. The number of thiazole rings is 1. The second-order valence-electron chi connectivity index (χ2n) is 5.52. The van der Waals surface area contributed by atoms with Crippen molar-refractivity contribution in [2.24, 2.45) is 0 Å². The Morgan fingerprint density at radius 1 is 1.39 bits per heavy atom. The van der Waals surface area contributed by atoms with E-state index < -0.39 is 0 Å². The van der Waals surface area contributed by atoms with E-state index in [1.54, 1.807) is 17.9 Å². The summed E-state index contributed by atoms with van der Waals surface area (Å²) in [6.07, 6.45) is 5.28. The Labute approximate surface area is 138 Å². The summed E-state index contributed by atoms with van der Waals surface area (Å²) in [4.78, 5) is 34.5. The predicted octanol–water partition coefficient (Wildman–Crippen LogP) is 2.15. The number of hydrogen-bond donors (Lipinski definition) is 1. The Balaban J connectivity index is 1.72. The van der Waals surface area contributed by atoms with Gasteiger partial charge in [-0.05, 0) is 24.5 Å². The zero-order chi connectivity index (χ0) is 16.2. The molecule has 0 spiro atoms. The fourth-order valence-electron chi connectivity index (χ4n) is 2.74. The van der Waals surface area contributed by atoms with E-state index in [1.807, 2.05) is 17.0 Å². The molecule has 2 amide bonds. The quantitative estimate of drug-likeness (QED) is 0.932. The summed E-state index contributed by atoms with van der Waals surface area (Å²) in [5.74, 6) is -0.0367. The first-order valence-corrected chi connectivity index (χ1v) is 8.42. The normalized spacial score (nSPS) is 17.3. The topological polar surface area (TPSA) is 75.2 Å². The highest BCUT2D eigenvalue weighted by atomic mass is 32.1. The van der Waals surface area contributed by atoms with Crippen molar-refractivity contribution in [1.29, 1.82) is 0 Å². The minimum Gasteiger partial charge on any atom is -0.352 e. The first kappa shape index (κ1) is 15.6. The molecule has 23 heavy (non-hydrogen) atoms. The van der Waals surface area contributed by atoms with Crippen LogP contribution in [0.1, 0.15) is 46.7 Å². The van der Waals surface area contributed by atoms with Gasteiger partial charge in [-0.2, -0.15) is 0 Å². The molecule has 1 saturated heterocycles. The van der Waals surface area contributed by atoms with Crippen LogP contribution in [0.4, 0.5) is 0 Å². The first-order valence-electron chi connectivity index (χ1n) is 7.54. The zero-order valence-corrected chi connectivity index (χ0v) is 13.7. The molecule has 3 heterocycles. The van der Waals surface area contributed by atoms with Crippen LogP contribution < -0.4 is 5.32 Å².